The summed E-state index contributed by atoms with van der Waals surface area (Å²) < 4.78 is 0. The number of thioether (sulfide) groups is 1. The highest BCUT2D eigenvalue weighted by Gasteiger charge is 2.30. The van der Waals surface area contributed by atoms with Gasteiger partial charge in [0.2, 0.25) is 5.91 Å². The summed E-state index contributed by atoms with van der Waals surface area (Å²) in [5, 5.41) is 4.45. The number of amides is 1. The number of nitrogens with one attached hydrogen (secondary N) is 1. The Morgan fingerprint density at radius 2 is 2.09 bits per heavy atom. The van der Waals surface area contributed by atoms with Crippen LogP contribution in [0.1, 0.15) is 24.8 Å². The third-order valence-electron chi connectivity index (χ3n) is 4.47. The van der Waals surface area contributed by atoms with E-state index in [-0.39, 0.29) is 5.91 Å². The van der Waals surface area contributed by atoms with Crippen LogP contribution < -0.4 is 5.32 Å². The van der Waals surface area contributed by atoms with Gasteiger partial charge in [0, 0.05) is 36.6 Å². The van der Waals surface area contributed by atoms with Crippen molar-refractivity contribution in [3.63, 3.8) is 0 Å². The van der Waals surface area contributed by atoms with Crippen molar-refractivity contribution >= 4 is 29.3 Å². The van der Waals surface area contributed by atoms with E-state index in [1.807, 2.05) is 34.9 Å². The van der Waals surface area contributed by atoms with E-state index in [2.05, 4.69) is 11.4 Å². The molecule has 0 unspecified atom stereocenters. The van der Waals surface area contributed by atoms with E-state index in [4.69, 9.17) is 11.6 Å². The molecule has 0 saturated carbocycles. The lowest BCUT2D eigenvalue weighted by Crippen LogP contribution is -2.42. The van der Waals surface area contributed by atoms with E-state index in [1.165, 1.54) is 29.9 Å². The molecule has 2 aliphatic rings. The number of hydrogen-bond acceptors (Lipinski definition) is 3. The van der Waals surface area contributed by atoms with Gasteiger partial charge in [-0.05, 0) is 48.5 Å². The quantitative estimate of drug-likeness (QED) is 0.895. The molecule has 2 fully saturated rings. The maximum absolute atomic E-state index is 12.2. The fourth-order valence-electron chi connectivity index (χ4n) is 3.25. The third-order valence-corrected chi connectivity index (χ3v) is 5.75. The summed E-state index contributed by atoms with van der Waals surface area (Å²) in [6.45, 7) is 1.64. The van der Waals surface area contributed by atoms with Crippen LogP contribution in [0.15, 0.2) is 24.3 Å². The average molecular weight is 339 g/mol. The second-order valence-electron chi connectivity index (χ2n) is 6.17. The van der Waals surface area contributed by atoms with Gasteiger partial charge in [-0.1, -0.05) is 23.7 Å². The number of likely N-dealkylation sites (tertiary alicyclic amines) is 1. The van der Waals surface area contributed by atoms with Crippen LogP contribution in [-0.2, 0) is 11.2 Å². The molecule has 2 saturated heterocycles. The monoisotopic (exact) mass is 338 g/mol. The topological polar surface area (TPSA) is 32.3 Å². The minimum Gasteiger partial charge on any atom is -0.341 e. The van der Waals surface area contributed by atoms with Crippen molar-refractivity contribution in [3.05, 3.63) is 34.9 Å². The minimum absolute atomic E-state index is 0.282. The van der Waals surface area contributed by atoms with Gasteiger partial charge in [-0.2, -0.15) is 11.8 Å². The van der Waals surface area contributed by atoms with Crippen molar-refractivity contribution < 1.29 is 4.79 Å². The summed E-state index contributed by atoms with van der Waals surface area (Å²) in [6, 6.07) is 8.84. The minimum atomic E-state index is 0.282. The van der Waals surface area contributed by atoms with Crippen molar-refractivity contribution in [3.8, 4) is 0 Å². The van der Waals surface area contributed by atoms with Gasteiger partial charge < -0.3 is 10.2 Å². The van der Waals surface area contributed by atoms with Crippen molar-refractivity contribution in [1.29, 1.82) is 0 Å². The Morgan fingerprint density at radius 1 is 1.27 bits per heavy atom. The number of rotatable bonds is 5. The van der Waals surface area contributed by atoms with Crippen LogP contribution in [-0.4, -0.2) is 47.5 Å². The van der Waals surface area contributed by atoms with Crippen LogP contribution in [0.25, 0.3) is 0 Å². The Hall–Kier alpha value is -0.710. The van der Waals surface area contributed by atoms with E-state index in [0.29, 0.717) is 18.5 Å². The Balaban J connectivity index is 1.47. The van der Waals surface area contributed by atoms with Gasteiger partial charge in [-0.25, -0.2) is 0 Å². The van der Waals surface area contributed by atoms with Crippen LogP contribution in [0.3, 0.4) is 0 Å². The number of hydrogen-bond donors (Lipinski definition) is 1. The lowest BCUT2D eigenvalue weighted by Gasteiger charge is -2.26. The maximum atomic E-state index is 12.2. The summed E-state index contributed by atoms with van der Waals surface area (Å²) in [5.41, 5.74) is 1.20. The summed E-state index contributed by atoms with van der Waals surface area (Å²) in [5.74, 6) is 2.78. The molecule has 5 heteroatoms. The van der Waals surface area contributed by atoms with Crippen LogP contribution in [0.5, 0.6) is 0 Å². The second-order valence-corrected chi connectivity index (χ2v) is 7.84. The molecule has 0 radical (unpaired) electrons. The van der Waals surface area contributed by atoms with Gasteiger partial charge in [0.15, 0.2) is 0 Å². The van der Waals surface area contributed by atoms with E-state index in [0.717, 1.165) is 24.5 Å². The summed E-state index contributed by atoms with van der Waals surface area (Å²) in [6.07, 6.45) is 3.99. The van der Waals surface area contributed by atoms with Crippen molar-refractivity contribution in [2.45, 2.75) is 37.8 Å². The first-order chi connectivity index (χ1) is 10.7. The Kier molecular flexibility index (Phi) is 5.66. The number of carbonyl (C=O) groups excluding carboxylic acids is 1. The molecule has 2 aliphatic heterocycles. The lowest BCUT2D eigenvalue weighted by molar-refractivity contribution is -0.127. The summed E-state index contributed by atoms with van der Waals surface area (Å²) in [7, 11) is 0. The van der Waals surface area contributed by atoms with Gasteiger partial charge in [0.25, 0.3) is 0 Å². The predicted molar refractivity (Wildman–Crippen MR) is 93.6 cm³/mol. The lowest BCUT2D eigenvalue weighted by atomic mass is 10.1. The normalized spacial score (nSPS) is 23.2. The number of halogens is 1. The van der Waals surface area contributed by atoms with Gasteiger partial charge in [-0.15, -0.1) is 0 Å². The molecular weight excluding hydrogens is 316 g/mol. The summed E-state index contributed by atoms with van der Waals surface area (Å²) in [4.78, 5) is 14.2. The molecule has 0 aliphatic carbocycles. The van der Waals surface area contributed by atoms with E-state index in [1.54, 1.807) is 0 Å². The maximum Gasteiger partial charge on any atom is 0.224 e. The molecule has 0 aromatic heterocycles. The Morgan fingerprint density at radius 3 is 2.86 bits per heavy atom. The highest BCUT2D eigenvalue weighted by molar-refractivity contribution is 7.99. The molecule has 1 amide bonds. The number of benzene rings is 1. The molecule has 1 N–H and O–H groups in total. The molecule has 3 rings (SSSR count). The molecule has 120 valence electrons. The van der Waals surface area contributed by atoms with E-state index < -0.39 is 0 Å². The standard InChI is InChI=1S/C17H23ClN2OS/c18-14-3-1-2-13(10-14)4-7-20-12-16(11-17(20)21)19-15-5-8-22-9-6-15/h1-3,10,15-16,19H,4-9,11-12H2/t16-/m1/s1. The summed E-state index contributed by atoms with van der Waals surface area (Å²) >= 11 is 8.04. The third kappa shape index (κ3) is 4.40. The second kappa shape index (κ2) is 7.71. The molecule has 0 bridgehead atoms. The number of nitrogens with zero attached hydrogens (tertiary/aromatic N) is 1. The van der Waals surface area contributed by atoms with Crippen LogP contribution in [0, 0.1) is 0 Å². The zero-order valence-corrected chi connectivity index (χ0v) is 14.3. The molecule has 1 aromatic carbocycles. The molecule has 1 atom stereocenters. The molecule has 3 nitrogen and oxygen atoms in total. The molecule has 2 heterocycles. The van der Waals surface area contributed by atoms with Gasteiger partial charge in [0.05, 0.1) is 0 Å². The molecule has 22 heavy (non-hydrogen) atoms. The zero-order chi connectivity index (χ0) is 15.4. The van der Waals surface area contributed by atoms with Crippen molar-refractivity contribution in [2.24, 2.45) is 0 Å². The van der Waals surface area contributed by atoms with Crippen LogP contribution in [0.4, 0.5) is 0 Å². The Labute approximate surface area is 141 Å². The largest absolute Gasteiger partial charge is 0.341 e. The van der Waals surface area contributed by atoms with E-state index in [9.17, 15) is 4.79 Å². The van der Waals surface area contributed by atoms with Crippen LogP contribution in [0.2, 0.25) is 5.02 Å². The molecule has 0 spiro atoms. The predicted octanol–water partition coefficient (Wildman–Crippen LogP) is 2.97. The van der Waals surface area contributed by atoms with E-state index >= 15 is 0 Å². The van der Waals surface area contributed by atoms with Gasteiger partial charge >= 0.3 is 0 Å². The number of carbonyl (C=O) groups is 1. The average Bonchev–Trinajstić information content (AvgIpc) is 2.86. The highest BCUT2D eigenvalue weighted by atomic mass is 35.5. The first-order valence-electron chi connectivity index (χ1n) is 8.07. The Bertz CT molecular complexity index is 519. The molecule has 1 aromatic rings. The highest BCUT2D eigenvalue weighted by Crippen LogP contribution is 2.20. The van der Waals surface area contributed by atoms with Gasteiger partial charge in [0.1, 0.15) is 0 Å². The smallest absolute Gasteiger partial charge is 0.224 e. The van der Waals surface area contributed by atoms with Crippen LogP contribution >= 0.6 is 23.4 Å². The SMILES string of the molecule is O=C1C[C@@H](NC2CCSCC2)CN1CCc1cccc(Cl)c1. The van der Waals surface area contributed by atoms with Crippen molar-refractivity contribution in [2.75, 3.05) is 24.6 Å². The zero-order valence-electron chi connectivity index (χ0n) is 12.8. The first kappa shape index (κ1) is 16.2. The molecular formula is C17H23ClN2OS. The van der Waals surface area contributed by atoms with Gasteiger partial charge in [-0.3, -0.25) is 4.79 Å². The fourth-order valence-corrected chi connectivity index (χ4v) is 4.57. The first-order valence-corrected chi connectivity index (χ1v) is 9.60. The fraction of sp³-hybridized carbons (Fsp3) is 0.588. The van der Waals surface area contributed by atoms with Crippen molar-refractivity contribution in [1.82, 2.24) is 10.2 Å².